The summed E-state index contributed by atoms with van der Waals surface area (Å²) in [4.78, 5) is 26.8. The van der Waals surface area contributed by atoms with E-state index in [1.165, 1.54) is 17.0 Å². The van der Waals surface area contributed by atoms with Gasteiger partial charge in [0.05, 0.1) is 5.92 Å². The third-order valence-corrected chi connectivity index (χ3v) is 4.64. The van der Waals surface area contributed by atoms with Crippen molar-refractivity contribution >= 4 is 17.5 Å². The van der Waals surface area contributed by atoms with E-state index < -0.39 is 24.5 Å². The number of anilines is 1. The molecule has 2 aliphatic rings. The van der Waals surface area contributed by atoms with E-state index in [-0.39, 0.29) is 24.7 Å². The topological polar surface area (TPSA) is 40.6 Å². The summed E-state index contributed by atoms with van der Waals surface area (Å²) < 4.78 is 51.2. The highest BCUT2D eigenvalue weighted by atomic mass is 19.4. The fourth-order valence-corrected chi connectivity index (χ4v) is 3.67. The number of nitrogens with zero attached hydrogens (tertiary/aromatic N) is 2. The number of hydrogen-bond acceptors (Lipinski definition) is 2. The van der Waals surface area contributed by atoms with Gasteiger partial charge in [-0.3, -0.25) is 9.59 Å². The maximum absolute atomic E-state index is 13.6. The summed E-state index contributed by atoms with van der Waals surface area (Å²) >= 11 is 0. The molecule has 136 valence electrons. The predicted molar refractivity (Wildman–Crippen MR) is 82.6 cm³/mol. The Labute approximate surface area is 142 Å². The molecular formula is C17H18F4N2O2. The summed E-state index contributed by atoms with van der Waals surface area (Å²) in [6, 6.07) is 2.72. The van der Waals surface area contributed by atoms with Gasteiger partial charge in [0.15, 0.2) is 0 Å². The molecule has 1 fully saturated rings. The molecule has 0 saturated carbocycles. The smallest absolute Gasteiger partial charge is 0.333 e. The molecule has 1 saturated heterocycles. The maximum Gasteiger partial charge on any atom is 0.406 e. The molecule has 25 heavy (non-hydrogen) atoms. The standard InChI is InChI=1S/C17H18F4N2O2/c1-10-5-13(18)6-11-3-2-4-23(15(10)11)16(25)12-7-14(24)22(8-12)9-17(19,20)21/h5-6,12H,2-4,7-9H2,1H3. The first-order chi connectivity index (χ1) is 11.7. The lowest BCUT2D eigenvalue weighted by molar-refractivity contribution is -0.157. The highest BCUT2D eigenvalue weighted by Crippen LogP contribution is 2.34. The quantitative estimate of drug-likeness (QED) is 0.763. The molecule has 1 aromatic rings. The number of carbonyl (C=O) groups is 2. The first kappa shape index (κ1) is 17.7. The summed E-state index contributed by atoms with van der Waals surface area (Å²) in [5.74, 6) is -2.21. The second kappa shape index (κ2) is 6.31. The van der Waals surface area contributed by atoms with E-state index in [2.05, 4.69) is 0 Å². The SMILES string of the molecule is Cc1cc(F)cc2c1N(C(=O)C1CC(=O)N(CC(F)(F)F)C1)CCC2. The van der Waals surface area contributed by atoms with Crippen LogP contribution in [0.1, 0.15) is 24.0 Å². The van der Waals surface area contributed by atoms with Crippen molar-refractivity contribution in [2.24, 2.45) is 5.92 Å². The molecular weight excluding hydrogens is 340 g/mol. The molecule has 2 amide bonds. The molecule has 0 aromatic heterocycles. The van der Waals surface area contributed by atoms with E-state index in [0.29, 0.717) is 41.1 Å². The Balaban J connectivity index is 1.81. The molecule has 2 heterocycles. The summed E-state index contributed by atoms with van der Waals surface area (Å²) in [5, 5.41) is 0. The Kier molecular flexibility index (Phi) is 4.47. The predicted octanol–water partition coefficient (Wildman–Crippen LogP) is 2.82. The van der Waals surface area contributed by atoms with Crippen LogP contribution in [0.5, 0.6) is 0 Å². The lowest BCUT2D eigenvalue weighted by Crippen LogP contribution is -2.41. The van der Waals surface area contributed by atoms with Crippen molar-refractivity contribution in [3.8, 4) is 0 Å². The zero-order chi connectivity index (χ0) is 18.4. The summed E-state index contributed by atoms with van der Waals surface area (Å²) in [6.07, 6.45) is -3.42. The molecule has 0 N–H and O–H groups in total. The molecule has 1 atom stereocenters. The Hall–Kier alpha value is -2.12. The molecule has 1 unspecified atom stereocenters. The Morgan fingerprint density at radius 1 is 1.32 bits per heavy atom. The number of hydrogen-bond donors (Lipinski definition) is 0. The Morgan fingerprint density at radius 2 is 2.04 bits per heavy atom. The van der Waals surface area contributed by atoms with Gasteiger partial charge in [0.1, 0.15) is 12.4 Å². The van der Waals surface area contributed by atoms with Crippen molar-refractivity contribution < 1.29 is 27.2 Å². The summed E-state index contributed by atoms with van der Waals surface area (Å²) in [6.45, 7) is 0.547. The largest absolute Gasteiger partial charge is 0.406 e. The highest BCUT2D eigenvalue weighted by molar-refractivity contribution is 6.00. The van der Waals surface area contributed by atoms with E-state index in [1.807, 2.05) is 0 Å². The van der Waals surface area contributed by atoms with Crippen molar-refractivity contribution in [2.45, 2.75) is 32.4 Å². The molecule has 1 aromatic carbocycles. The summed E-state index contributed by atoms with van der Waals surface area (Å²) in [7, 11) is 0. The number of likely N-dealkylation sites (tertiary alicyclic amines) is 1. The minimum absolute atomic E-state index is 0.221. The first-order valence-electron chi connectivity index (χ1n) is 8.10. The van der Waals surface area contributed by atoms with Crippen molar-refractivity contribution in [3.63, 3.8) is 0 Å². The first-order valence-corrected chi connectivity index (χ1v) is 8.10. The van der Waals surface area contributed by atoms with Gasteiger partial charge in [-0.1, -0.05) is 0 Å². The zero-order valence-corrected chi connectivity index (χ0v) is 13.7. The number of benzene rings is 1. The number of carbonyl (C=O) groups excluding carboxylic acids is 2. The van der Waals surface area contributed by atoms with Gasteiger partial charge >= 0.3 is 6.18 Å². The number of halogens is 4. The number of aryl methyl sites for hydroxylation is 2. The fourth-order valence-electron chi connectivity index (χ4n) is 3.67. The van der Waals surface area contributed by atoms with Crippen LogP contribution in [-0.4, -0.2) is 42.5 Å². The van der Waals surface area contributed by atoms with Gasteiger partial charge in [0, 0.05) is 25.2 Å². The van der Waals surface area contributed by atoms with Gasteiger partial charge in [-0.15, -0.1) is 0 Å². The average Bonchev–Trinajstić information content (AvgIpc) is 2.84. The van der Waals surface area contributed by atoms with Crippen LogP contribution in [0.4, 0.5) is 23.2 Å². The summed E-state index contributed by atoms with van der Waals surface area (Å²) in [5.41, 5.74) is 1.95. The van der Waals surface area contributed by atoms with Crippen molar-refractivity contribution in [1.82, 2.24) is 4.90 Å². The molecule has 8 heteroatoms. The molecule has 0 bridgehead atoms. The van der Waals surface area contributed by atoms with Gasteiger partial charge < -0.3 is 9.80 Å². The Bertz CT molecular complexity index is 717. The van der Waals surface area contributed by atoms with Crippen LogP contribution < -0.4 is 4.90 Å². The van der Waals surface area contributed by atoms with Crippen LogP contribution in [0.2, 0.25) is 0 Å². The van der Waals surface area contributed by atoms with Crippen LogP contribution in [0, 0.1) is 18.7 Å². The van der Waals surface area contributed by atoms with Gasteiger partial charge in [0.2, 0.25) is 11.8 Å². The van der Waals surface area contributed by atoms with E-state index in [4.69, 9.17) is 0 Å². The van der Waals surface area contributed by atoms with Crippen LogP contribution >= 0.6 is 0 Å². The van der Waals surface area contributed by atoms with Gasteiger partial charge in [0.25, 0.3) is 0 Å². The zero-order valence-electron chi connectivity index (χ0n) is 13.7. The molecule has 0 spiro atoms. The van der Waals surface area contributed by atoms with Gasteiger partial charge in [-0.25, -0.2) is 4.39 Å². The minimum atomic E-state index is -4.49. The normalized spacial score (nSPS) is 20.8. The van der Waals surface area contributed by atoms with Crippen molar-refractivity contribution in [1.29, 1.82) is 0 Å². The molecule has 2 aliphatic heterocycles. The van der Waals surface area contributed by atoms with Crippen LogP contribution in [0.15, 0.2) is 12.1 Å². The number of alkyl halides is 3. The van der Waals surface area contributed by atoms with E-state index in [9.17, 15) is 27.2 Å². The lowest BCUT2D eigenvalue weighted by atomic mass is 9.96. The van der Waals surface area contributed by atoms with Crippen LogP contribution in [0.25, 0.3) is 0 Å². The third-order valence-electron chi connectivity index (χ3n) is 4.64. The second-order valence-corrected chi connectivity index (χ2v) is 6.61. The second-order valence-electron chi connectivity index (χ2n) is 6.61. The molecule has 0 radical (unpaired) electrons. The number of fused-ring (bicyclic) bond motifs is 1. The monoisotopic (exact) mass is 358 g/mol. The van der Waals surface area contributed by atoms with E-state index >= 15 is 0 Å². The van der Waals surface area contributed by atoms with Crippen molar-refractivity contribution in [3.05, 3.63) is 29.1 Å². The van der Waals surface area contributed by atoms with Gasteiger partial charge in [-0.2, -0.15) is 13.2 Å². The lowest BCUT2D eigenvalue weighted by Gasteiger charge is -2.33. The number of rotatable bonds is 2. The van der Waals surface area contributed by atoms with E-state index in [0.717, 1.165) is 0 Å². The fraction of sp³-hybridized carbons (Fsp3) is 0.529. The molecule has 3 rings (SSSR count). The average molecular weight is 358 g/mol. The Morgan fingerprint density at radius 3 is 2.72 bits per heavy atom. The minimum Gasteiger partial charge on any atom is -0.333 e. The highest BCUT2D eigenvalue weighted by Gasteiger charge is 2.42. The molecule has 0 aliphatic carbocycles. The number of amides is 2. The van der Waals surface area contributed by atoms with Crippen molar-refractivity contribution in [2.75, 3.05) is 24.5 Å². The molecule has 4 nitrogen and oxygen atoms in total. The third kappa shape index (κ3) is 3.62. The van der Waals surface area contributed by atoms with E-state index in [1.54, 1.807) is 6.92 Å². The van der Waals surface area contributed by atoms with Crippen LogP contribution in [0.3, 0.4) is 0 Å². The van der Waals surface area contributed by atoms with Crippen LogP contribution in [-0.2, 0) is 16.0 Å². The maximum atomic E-state index is 13.6. The van der Waals surface area contributed by atoms with Gasteiger partial charge in [-0.05, 0) is 43.0 Å².